The van der Waals surface area contributed by atoms with E-state index >= 15 is 0 Å². The number of hydrogen-bond donors (Lipinski definition) is 0. The molecule has 0 spiro atoms. The van der Waals surface area contributed by atoms with Crippen LogP contribution in [0.4, 0.5) is 0 Å². The minimum Gasteiger partial charge on any atom is -0.489 e. The summed E-state index contributed by atoms with van der Waals surface area (Å²) in [7, 11) is 0. The molecule has 5 heteroatoms. The molecule has 1 aliphatic rings. The summed E-state index contributed by atoms with van der Waals surface area (Å²) in [5, 5.41) is 0. The maximum Gasteiger partial charge on any atom is 0.254 e. The Morgan fingerprint density at radius 2 is 1.88 bits per heavy atom. The van der Waals surface area contributed by atoms with Crippen molar-refractivity contribution < 1.29 is 9.53 Å². The summed E-state index contributed by atoms with van der Waals surface area (Å²) in [5.74, 6) is 1.19. The normalized spacial score (nSPS) is 16.2. The molecule has 166 valence electrons. The van der Waals surface area contributed by atoms with Gasteiger partial charge < -0.3 is 9.30 Å². The van der Waals surface area contributed by atoms with Crippen molar-refractivity contribution in [1.82, 2.24) is 9.47 Å². The molecule has 1 aliphatic heterocycles. The van der Waals surface area contributed by atoms with Crippen molar-refractivity contribution in [1.29, 1.82) is 0 Å². The zero-order valence-corrected chi connectivity index (χ0v) is 18.8. The summed E-state index contributed by atoms with van der Waals surface area (Å²) in [6.07, 6.45) is 2.87. The van der Waals surface area contributed by atoms with Crippen LogP contribution in [-0.4, -0.2) is 28.3 Å². The Morgan fingerprint density at radius 3 is 2.56 bits per heavy atom. The van der Waals surface area contributed by atoms with Gasteiger partial charge in [0.15, 0.2) is 5.78 Å². The molecule has 0 saturated carbocycles. The topological polar surface area (TPSA) is 51.5 Å². The van der Waals surface area contributed by atoms with Crippen molar-refractivity contribution in [3.05, 3.63) is 99.5 Å². The van der Waals surface area contributed by atoms with Crippen molar-refractivity contribution >= 4 is 5.78 Å². The Bertz CT molecular complexity index is 1140. The smallest absolute Gasteiger partial charge is 0.254 e. The first-order chi connectivity index (χ1) is 15.5. The Morgan fingerprint density at radius 1 is 1.06 bits per heavy atom. The van der Waals surface area contributed by atoms with Crippen LogP contribution >= 0.6 is 0 Å². The third kappa shape index (κ3) is 5.54. The van der Waals surface area contributed by atoms with E-state index in [1.807, 2.05) is 49.4 Å². The molecule has 1 saturated heterocycles. The van der Waals surface area contributed by atoms with Gasteiger partial charge >= 0.3 is 0 Å². The summed E-state index contributed by atoms with van der Waals surface area (Å²) in [6.45, 7) is 7.85. The quantitative estimate of drug-likeness (QED) is 0.495. The molecule has 2 heterocycles. The number of carbonyl (C=O) groups excluding carboxylic acids is 1. The number of pyridine rings is 1. The minimum atomic E-state index is -0.249. The summed E-state index contributed by atoms with van der Waals surface area (Å²) in [5.41, 5.74) is 3.63. The second kappa shape index (κ2) is 9.96. The fraction of sp³-hybridized carbons (Fsp3) is 0.333. The highest BCUT2D eigenvalue weighted by atomic mass is 16.5. The molecule has 4 rings (SSSR count). The van der Waals surface area contributed by atoms with Gasteiger partial charge in [-0.15, -0.1) is 0 Å². The van der Waals surface area contributed by atoms with E-state index in [9.17, 15) is 9.59 Å². The number of aromatic nitrogens is 1. The van der Waals surface area contributed by atoms with Crippen molar-refractivity contribution in [2.75, 3.05) is 13.1 Å². The third-order valence-electron chi connectivity index (χ3n) is 6.04. The van der Waals surface area contributed by atoms with Gasteiger partial charge in [-0.25, -0.2) is 0 Å². The van der Waals surface area contributed by atoms with E-state index in [0.717, 1.165) is 36.7 Å². The lowest BCUT2D eigenvalue weighted by atomic mass is 10.0. The number of rotatable bonds is 8. The standard InChI is InChI=1S/C27H30N2O3/c1-20-10-12-28(16-20)17-23-8-9-25(21(2)14-23)26(30)18-29-13-11-24(15-27(29)31)32-19-22-6-4-3-5-7-22/h3-9,11,13-15,20H,10,12,16-19H2,1-2H3. The molecule has 0 N–H and O–H groups in total. The molecule has 0 bridgehead atoms. The van der Waals surface area contributed by atoms with Crippen LogP contribution in [0, 0.1) is 12.8 Å². The summed E-state index contributed by atoms with van der Waals surface area (Å²) >= 11 is 0. The van der Waals surface area contributed by atoms with E-state index in [1.165, 1.54) is 22.6 Å². The van der Waals surface area contributed by atoms with E-state index < -0.39 is 0 Å². The zero-order chi connectivity index (χ0) is 22.5. The summed E-state index contributed by atoms with van der Waals surface area (Å²) in [6, 6.07) is 19.0. The van der Waals surface area contributed by atoms with Gasteiger partial charge in [0.2, 0.25) is 0 Å². The second-order valence-electron chi connectivity index (χ2n) is 8.80. The van der Waals surface area contributed by atoms with Crippen LogP contribution < -0.4 is 10.3 Å². The van der Waals surface area contributed by atoms with E-state index in [4.69, 9.17) is 4.74 Å². The molecule has 1 aromatic heterocycles. The molecule has 32 heavy (non-hydrogen) atoms. The first kappa shape index (κ1) is 22.0. The number of carbonyl (C=O) groups is 1. The molecule has 2 aromatic carbocycles. The van der Waals surface area contributed by atoms with E-state index in [0.29, 0.717) is 17.9 Å². The molecule has 1 atom stereocenters. The largest absolute Gasteiger partial charge is 0.489 e. The van der Waals surface area contributed by atoms with Crippen molar-refractivity contribution in [3.8, 4) is 5.75 Å². The molecule has 5 nitrogen and oxygen atoms in total. The van der Waals surface area contributed by atoms with Gasteiger partial charge in [-0.2, -0.15) is 0 Å². The molecule has 1 fully saturated rings. The second-order valence-corrected chi connectivity index (χ2v) is 8.80. The zero-order valence-electron chi connectivity index (χ0n) is 18.8. The molecule has 1 unspecified atom stereocenters. The van der Waals surface area contributed by atoms with Crippen LogP contribution in [-0.2, 0) is 19.7 Å². The number of ketones is 1. The number of aryl methyl sites for hydroxylation is 1. The molecule has 3 aromatic rings. The van der Waals surface area contributed by atoms with E-state index in [1.54, 1.807) is 12.3 Å². The Kier molecular flexibility index (Phi) is 6.86. The van der Waals surface area contributed by atoms with Crippen molar-refractivity contribution in [2.24, 2.45) is 5.92 Å². The van der Waals surface area contributed by atoms with Gasteiger partial charge in [-0.05, 0) is 48.6 Å². The highest BCUT2D eigenvalue weighted by molar-refractivity contribution is 5.97. The summed E-state index contributed by atoms with van der Waals surface area (Å²) < 4.78 is 7.14. The number of likely N-dealkylation sites (tertiary alicyclic amines) is 1. The van der Waals surface area contributed by atoms with Crippen LogP contribution in [0.15, 0.2) is 71.7 Å². The lowest BCUT2D eigenvalue weighted by Crippen LogP contribution is -2.24. The number of Topliss-reactive ketones (excluding diaryl/α,β-unsaturated/α-hetero) is 1. The predicted molar refractivity (Wildman–Crippen MR) is 126 cm³/mol. The van der Waals surface area contributed by atoms with Crippen LogP contribution in [0.3, 0.4) is 0 Å². The van der Waals surface area contributed by atoms with E-state index in [2.05, 4.69) is 17.9 Å². The van der Waals surface area contributed by atoms with Gasteiger partial charge in [0.25, 0.3) is 5.56 Å². The lowest BCUT2D eigenvalue weighted by molar-refractivity contribution is 0.0970. The van der Waals surface area contributed by atoms with Gasteiger partial charge in [-0.3, -0.25) is 14.5 Å². The Labute approximate surface area is 189 Å². The van der Waals surface area contributed by atoms with Gasteiger partial charge in [0, 0.05) is 30.9 Å². The molecule has 0 aliphatic carbocycles. The van der Waals surface area contributed by atoms with Crippen LogP contribution in [0.5, 0.6) is 5.75 Å². The number of ether oxygens (including phenoxy) is 1. The minimum absolute atomic E-state index is 0.0155. The lowest BCUT2D eigenvalue weighted by Gasteiger charge is -2.16. The molecular weight excluding hydrogens is 400 g/mol. The summed E-state index contributed by atoms with van der Waals surface area (Å²) in [4.78, 5) is 27.8. The number of benzene rings is 2. The maximum absolute atomic E-state index is 12.9. The SMILES string of the molecule is Cc1cc(CN2CCC(C)C2)ccc1C(=O)Cn1ccc(OCc2ccccc2)cc1=O. The van der Waals surface area contributed by atoms with Crippen molar-refractivity contribution in [2.45, 2.75) is 40.0 Å². The number of hydrogen-bond acceptors (Lipinski definition) is 4. The van der Waals surface area contributed by atoms with Crippen LogP contribution in [0.1, 0.15) is 40.4 Å². The third-order valence-corrected chi connectivity index (χ3v) is 6.04. The fourth-order valence-corrected chi connectivity index (χ4v) is 4.26. The monoisotopic (exact) mass is 430 g/mol. The highest BCUT2D eigenvalue weighted by Crippen LogP contribution is 2.20. The van der Waals surface area contributed by atoms with Gasteiger partial charge in [-0.1, -0.05) is 55.5 Å². The van der Waals surface area contributed by atoms with Gasteiger partial charge in [0.1, 0.15) is 12.4 Å². The molecule has 0 amide bonds. The van der Waals surface area contributed by atoms with E-state index in [-0.39, 0.29) is 17.9 Å². The highest BCUT2D eigenvalue weighted by Gasteiger charge is 2.19. The first-order valence-electron chi connectivity index (χ1n) is 11.2. The number of nitrogens with zero attached hydrogens (tertiary/aromatic N) is 2. The first-order valence-corrected chi connectivity index (χ1v) is 11.2. The van der Waals surface area contributed by atoms with Crippen molar-refractivity contribution in [3.63, 3.8) is 0 Å². The predicted octanol–water partition coefficient (Wildman–Crippen LogP) is 4.46. The van der Waals surface area contributed by atoms with Gasteiger partial charge in [0.05, 0.1) is 6.54 Å². The Hall–Kier alpha value is -3.18. The average Bonchev–Trinajstić information content (AvgIpc) is 3.19. The fourth-order valence-electron chi connectivity index (χ4n) is 4.26. The van der Waals surface area contributed by atoms with Crippen LogP contribution in [0.2, 0.25) is 0 Å². The molecule has 0 radical (unpaired) electrons. The van der Waals surface area contributed by atoms with Crippen LogP contribution in [0.25, 0.3) is 0 Å². The molecular formula is C27H30N2O3. The maximum atomic E-state index is 12.9. The average molecular weight is 431 g/mol. The Balaban J connectivity index is 1.38.